The third-order valence-electron chi connectivity index (χ3n) is 4.64. The summed E-state index contributed by atoms with van der Waals surface area (Å²) in [4.78, 5) is 0. The van der Waals surface area contributed by atoms with E-state index >= 15 is 0 Å². The van der Waals surface area contributed by atoms with Gasteiger partial charge in [-0.15, -0.1) is 0 Å². The quantitative estimate of drug-likeness (QED) is 0.847. The molecule has 0 saturated carbocycles. The molecule has 2 N–H and O–H groups in total. The van der Waals surface area contributed by atoms with Crippen molar-refractivity contribution < 1.29 is 24.4 Å². The molecule has 6 heteroatoms. The van der Waals surface area contributed by atoms with Crippen molar-refractivity contribution >= 4 is 0 Å². The zero-order valence-corrected chi connectivity index (χ0v) is 11.8. The average Bonchev–Trinajstić information content (AvgIpc) is 3.21. The van der Waals surface area contributed by atoms with E-state index < -0.39 is 0 Å². The minimum atomic E-state index is -0.107. The highest BCUT2D eigenvalue weighted by atomic mass is 16.6. The number of benzene rings is 1. The minimum absolute atomic E-state index is 0.0522. The molecule has 22 heavy (non-hydrogen) atoms. The Morgan fingerprint density at radius 3 is 2.23 bits per heavy atom. The molecule has 1 aromatic heterocycles. The summed E-state index contributed by atoms with van der Waals surface area (Å²) in [5, 5.41) is 21.1. The first-order valence-electron chi connectivity index (χ1n) is 7.46. The monoisotopic (exact) mass is 301 g/mol. The molecule has 114 valence electrons. The maximum Gasteiger partial charge on any atom is 0.205 e. The van der Waals surface area contributed by atoms with E-state index in [4.69, 9.17) is 14.2 Å². The van der Waals surface area contributed by atoms with Gasteiger partial charge in [-0.05, 0) is 25.0 Å². The molecule has 1 aromatic carbocycles. The number of rotatable bonds is 1. The fourth-order valence-electron chi connectivity index (χ4n) is 3.69. The van der Waals surface area contributed by atoms with Crippen LogP contribution in [0.25, 0.3) is 5.69 Å². The Bertz CT molecular complexity index is 748. The van der Waals surface area contributed by atoms with E-state index in [0.717, 1.165) is 24.0 Å². The van der Waals surface area contributed by atoms with Gasteiger partial charge in [0.1, 0.15) is 13.2 Å². The summed E-state index contributed by atoms with van der Waals surface area (Å²) < 4.78 is 18.3. The third kappa shape index (κ3) is 1.42. The van der Waals surface area contributed by atoms with Crippen molar-refractivity contribution in [3.8, 4) is 28.9 Å². The van der Waals surface area contributed by atoms with Crippen LogP contribution in [0.5, 0.6) is 23.3 Å². The summed E-state index contributed by atoms with van der Waals surface area (Å²) in [6.07, 6.45) is 1.56. The highest BCUT2D eigenvalue weighted by Gasteiger charge is 2.45. The molecule has 0 spiro atoms. The second kappa shape index (κ2) is 4.10. The lowest BCUT2D eigenvalue weighted by molar-refractivity contribution is 0.0683. The van der Waals surface area contributed by atoms with Gasteiger partial charge < -0.3 is 24.4 Å². The summed E-state index contributed by atoms with van der Waals surface area (Å²) in [5.41, 5.74) is 2.10. The van der Waals surface area contributed by atoms with Gasteiger partial charge in [0, 0.05) is 6.07 Å². The van der Waals surface area contributed by atoms with Gasteiger partial charge in [0.15, 0.2) is 11.5 Å². The molecule has 1 fully saturated rings. The van der Waals surface area contributed by atoms with Crippen LogP contribution in [0.3, 0.4) is 0 Å². The maximum absolute atomic E-state index is 10.6. The normalized spacial score (nSPS) is 24.5. The van der Waals surface area contributed by atoms with Crippen LogP contribution in [0.4, 0.5) is 0 Å². The lowest BCUT2D eigenvalue weighted by Gasteiger charge is -2.19. The summed E-state index contributed by atoms with van der Waals surface area (Å²) in [6.45, 7) is 1.02. The number of hydrogen-bond donors (Lipinski definition) is 2. The molecule has 2 aromatic rings. The molecule has 0 unspecified atom stereocenters. The molecule has 4 heterocycles. The van der Waals surface area contributed by atoms with E-state index in [0.29, 0.717) is 30.4 Å². The smallest absolute Gasteiger partial charge is 0.205 e. The largest absolute Gasteiger partial charge is 0.494 e. The fraction of sp³-hybridized carbons (Fsp3) is 0.375. The van der Waals surface area contributed by atoms with Crippen LogP contribution >= 0.6 is 0 Å². The van der Waals surface area contributed by atoms with Crippen molar-refractivity contribution in [3.05, 3.63) is 29.3 Å². The lowest BCUT2D eigenvalue weighted by atomic mass is 9.95. The molecule has 0 amide bonds. The van der Waals surface area contributed by atoms with Crippen LogP contribution < -0.4 is 9.47 Å². The summed E-state index contributed by atoms with van der Waals surface area (Å²) in [6, 6.07) is 5.36. The number of ether oxygens (including phenoxy) is 3. The number of nitrogens with zero attached hydrogens (tertiary/aromatic N) is 1. The predicted octanol–water partition coefficient (Wildman–Crippen LogP) is 2.57. The van der Waals surface area contributed by atoms with Crippen LogP contribution in [0, 0.1) is 0 Å². The van der Waals surface area contributed by atoms with Crippen LogP contribution in [0.2, 0.25) is 0 Å². The van der Waals surface area contributed by atoms with Crippen molar-refractivity contribution in [1.82, 2.24) is 4.57 Å². The van der Waals surface area contributed by atoms with Crippen LogP contribution in [0.1, 0.15) is 36.2 Å². The Kier molecular flexibility index (Phi) is 2.28. The van der Waals surface area contributed by atoms with Gasteiger partial charge in [-0.25, -0.2) is 0 Å². The molecule has 6 nitrogen and oxygen atoms in total. The molecule has 0 aliphatic carbocycles. The van der Waals surface area contributed by atoms with E-state index in [9.17, 15) is 10.2 Å². The molecule has 2 atom stereocenters. The van der Waals surface area contributed by atoms with Crippen molar-refractivity contribution in [3.63, 3.8) is 0 Å². The minimum Gasteiger partial charge on any atom is -0.494 e. The Morgan fingerprint density at radius 1 is 0.909 bits per heavy atom. The first kappa shape index (κ1) is 12.2. The van der Waals surface area contributed by atoms with Crippen molar-refractivity contribution in [1.29, 1.82) is 0 Å². The van der Waals surface area contributed by atoms with Gasteiger partial charge in [0.2, 0.25) is 11.8 Å². The first-order chi connectivity index (χ1) is 10.7. The standard InChI is InChI=1S/C16H15NO5/c18-15-13-10-3-4-11(22-10)14(13)16(19)17(15)8-1-2-9-12(7-8)21-6-5-20-9/h1-2,7,10-11,18-19H,3-6H2/t10-,11+. The van der Waals surface area contributed by atoms with Crippen LogP contribution in [0.15, 0.2) is 18.2 Å². The van der Waals surface area contributed by atoms with E-state index in [-0.39, 0.29) is 24.0 Å². The average molecular weight is 301 g/mol. The number of fused-ring (bicyclic) bond motifs is 6. The maximum atomic E-state index is 10.6. The Balaban J connectivity index is 1.68. The van der Waals surface area contributed by atoms with Gasteiger partial charge >= 0.3 is 0 Å². The summed E-state index contributed by atoms with van der Waals surface area (Å²) in [7, 11) is 0. The van der Waals surface area contributed by atoms with E-state index in [2.05, 4.69) is 0 Å². The topological polar surface area (TPSA) is 73.1 Å². The Labute approximate surface area is 126 Å². The SMILES string of the molecule is Oc1c2c(c(O)n1-c1ccc3c(c1)OCCO3)[C@H]1CC[C@@H]2O1. The molecule has 0 radical (unpaired) electrons. The second-order valence-electron chi connectivity index (χ2n) is 5.83. The van der Waals surface area contributed by atoms with E-state index in [1.165, 1.54) is 4.57 Å². The molecule has 5 rings (SSSR count). The van der Waals surface area contributed by atoms with Crippen LogP contribution in [-0.4, -0.2) is 28.0 Å². The van der Waals surface area contributed by atoms with E-state index in [1.807, 2.05) is 0 Å². The summed E-state index contributed by atoms with van der Waals surface area (Å²) in [5.74, 6) is 1.40. The van der Waals surface area contributed by atoms with E-state index in [1.54, 1.807) is 18.2 Å². The molecular formula is C16H15NO5. The molecule has 3 aliphatic rings. The molecular weight excluding hydrogens is 286 g/mol. The highest BCUT2D eigenvalue weighted by molar-refractivity contribution is 5.59. The summed E-state index contributed by atoms with van der Waals surface area (Å²) >= 11 is 0. The Hall–Kier alpha value is -2.34. The fourth-order valence-corrected chi connectivity index (χ4v) is 3.69. The third-order valence-corrected chi connectivity index (χ3v) is 4.64. The molecule has 3 aliphatic heterocycles. The number of aromatic nitrogens is 1. The van der Waals surface area contributed by atoms with Gasteiger partial charge in [0.25, 0.3) is 0 Å². The predicted molar refractivity (Wildman–Crippen MR) is 75.9 cm³/mol. The van der Waals surface area contributed by atoms with Gasteiger partial charge in [-0.3, -0.25) is 4.57 Å². The Morgan fingerprint density at radius 2 is 1.55 bits per heavy atom. The van der Waals surface area contributed by atoms with Crippen LogP contribution in [-0.2, 0) is 4.74 Å². The zero-order chi connectivity index (χ0) is 14.8. The number of aromatic hydroxyl groups is 2. The highest BCUT2D eigenvalue weighted by Crippen LogP contribution is 2.58. The van der Waals surface area contributed by atoms with Crippen molar-refractivity contribution in [2.75, 3.05) is 13.2 Å². The number of hydrogen-bond acceptors (Lipinski definition) is 5. The van der Waals surface area contributed by atoms with Gasteiger partial charge in [-0.1, -0.05) is 0 Å². The van der Waals surface area contributed by atoms with Gasteiger partial charge in [0.05, 0.1) is 29.0 Å². The van der Waals surface area contributed by atoms with Crippen molar-refractivity contribution in [2.45, 2.75) is 25.0 Å². The van der Waals surface area contributed by atoms with Gasteiger partial charge in [-0.2, -0.15) is 0 Å². The van der Waals surface area contributed by atoms with Crippen molar-refractivity contribution in [2.24, 2.45) is 0 Å². The molecule has 1 saturated heterocycles. The first-order valence-corrected chi connectivity index (χ1v) is 7.46. The molecule has 2 bridgehead atoms. The zero-order valence-electron chi connectivity index (χ0n) is 11.8. The lowest BCUT2D eigenvalue weighted by Crippen LogP contribution is -2.15. The second-order valence-corrected chi connectivity index (χ2v) is 5.83.